The lowest BCUT2D eigenvalue weighted by Crippen LogP contribution is -2.44. The van der Waals surface area contributed by atoms with Crippen molar-refractivity contribution >= 4 is 29.1 Å². The van der Waals surface area contributed by atoms with E-state index in [2.05, 4.69) is 27.9 Å². The average molecular weight is 325 g/mol. The lowest BCUT2D eigenvalue weighted by molar-refractivity contribution is 0.0946. The summed E-state index contributed by atoms with van der Waals surface area (Å²) >= 11 is 1.77. The molecule has 23 heavy (non-hydrogen) atoms. The van der Waals surface area contributed by atoms with Crippen molar-refractivity contribution in [3.05, 3.63) is 60.2 Å². The van der Waals surface area contributed by atoms with Crippen LogP contribution in [0.5, 0.6) is 0 Å². The molecule has 1 heterocycles. The Kier molecular flexibility index (Phi) is 5.08. The van der Waals surface area contributed by atoms with Gasteiger partial charge in [0.05, 0.1) is 23.4 Å². The van der Waals surface area contributed by atoms with E-state index in [9.17, 15) is 4.79 Å². The molecule has 0 fully saturated rings. The summed E-state index contributed by atoms with van der Waals surface area (Å²) in [7, 11) is 0. The van der Waals surface area contributed by atoms with Gasteiger partial charge in [0, 0.05) is 5.56 Å². The molecular formula is C18H19N3OS. The van der Waals surface area contributed by atoms with Gasteiger partial charge in [0.1, 0.15) is 0 Å². The van der Waals surface area contributed by atoms with Crippen LogP contribution in [0.1, 0.15) is 16.8 Å². The molecule has 1 aliphatic heterocycles. The van der Waals surface area contributed by atoms with Crippen LogP contribution >= 0.6 is 11.8 Å². The van der Waals surface area contributed by atoms with E-state index in [1.807, 2.05) is 48.6 Å². The van der Waals surface area contributed by atoms with Crippen LogP contribution in [0.4, 0.5) is 0 Å². The number of benzene rings is 1. The molecular weight excluding hydrogens is 306 g/mol. The quantitative estimate of drug-likeness (QED) is 0.874. The first kappa shape index (κ1) is 15.7. The summed E-state index contributed by atoms with van der Waals surface area (Å²) in [6.07, 6.45) is 11.0. The van der Waals surface area contributed by atoms with Gasteiger partial charge in [-0.15, -0.1) is 0 Å². The Morgan fingerprint density at radius 1 is 1.26 bits per heavy atom. The summed E-state index contributed by atoms with van der Waals surface area (Å²) in [5.41, 5.74) is 2.55. The van der Waals surface area contributed by atoms with Gasteiger partial charge in [-0.05, 0) is 36.6 Å². The highest BCUT2D eigenvalue weighted by molar-refractivity contribution is 7.98. The largest absolute Gasteiger partial charge is 0.344 e. The van der Waals surface area contributed by atoms with Crippen LogP contribution in [-0.2, 0) is 0 Å². The number of rotatable bonds is 6. The van der Waals surface area contributed by atoms with Crippen molar-refractivity contribution in [2.24, 2.45) is 16.1 Å². The van der Waals surface area contributed by atoms with E-state index in [4.69, 9.17) is 0 Å². The predicted octanol–water partition coefficient (Wildman–Crippen LogP) is 3.09. The lowest BCUT2D eigenvalue weighted by Gasteiger charge is -2.22. The number of hydrogen-bond donors (Lipinski definition) is 1. The Morgan fingerprint density at radius 2 is 2.09 bits per heavy atom. The van der Waals surface area contributed by atoms with Crippen LogP contribution in [0.25, 0.3) is 0 Å². The molecule has 118 valence electrons. The number of carbonyl (C=O) groups is 1. The first-order valence-corrected chi connectivity index (χ1v) is 9.04. The van der Waals surface area contributed by atoms with Gasteiger partial charge < -0.3 is 5.32 Å². The topological polar surface area (TPSA) is 53.8 Å². The van der Waals surface area contributed by atoms with Crippen molar-refractivity contribution in [2.45, 2.75) is 12.5 Å². The minimum atomic E-state index is -0.0995. The molecule has 1 aromatic rings. The van der Waals surface area contributed by atoms with Crippen LogP contribution in [-0.4, -0.2) is 35.4 Å². The standard InChI is InChI=1S/C18H19N3OS/c1-23-12-11-16(19-18(22)13-7-3-2-4-8-13)17-14-9-5-6-10-15(14)20-21-17/h2-10,14,16H,11-12H2,1H3,(H,19,22)/t14-,16-/m1/s1. The van der Waals surface area contributed by atoms with E-state index in [0.717, 1.165) is 23.6 Å². The zero-order chi connectivity index (χ0) is 16.1. The van der Waals surface area contributed by atoms with Crippen molar-refractivity contribution < 1.29 is 4.79 Å². The number of carbonyl (C=O) groups excluding carboxylic acids is 1. The van der Waals surface area contributed by atoms with Gasteiger partial charge in [-0.1, -0.05) is 36.4 Å². The lowest BCUT2D eigenvalue weighted by atomic mass is 9.89. The molecule has 0 bridgehead atoms. The molecule has 2 aliphatic rings. The summed E-state index contributed by atoms with van der Waals surface area (Å²) in [4.78, 5) is 12.5. The summed E-state index contributed by atoms with van der Waals surface area (Å²) in [6.45, 7) is 0. The van der Waals surface area contributed by atoms with E-state index >= 15 is 0 Å². The van der Waals surface area contributed by atoms with Crippen LogP contribution < -0.4 is 5.32 Å². The maximum Gasteiger partial charge on any atom is 0.251 e. The molecule has 5 heteroatoms. The third kappa shape index (κ3) is 3.62. The zero-order valence-corrected chi connectivity index (χ0v) is 13.8. The van der Waals surface area contributed by atoms with Crippen molar-refractivity contribution in [1.29, 1.82) is 0 Å². The van der Waals surface area contributed by atoms with Crippen LogP contribution in [0.3, 0.4) is 0 Å². The first-order valence-electron chi connectivity index (χ1n) is 7.64. The predicted molar refractivity (Wildman–Crippen MR) is 97.3 cm³/mol. The van der Waals surface area contributed by atoms with Gasteiger partial charge in [0.15, 0.2) is 0 Å². The molecule has 0 saturated heterocycles. The fourth-order valence-corrected chi connectivity index (χ4v) is 3.17. The van der Waals surface area contributed by atoms with Crippen molar-refractivity contribution in [3.8, 4) is 0 Å². The number of thioether (sulfide) groups is 1. The molecule has 2 atom stereocenters. The number of fused-ring (bicyclic) bond motifs is 1. The normalized spacial score (nSPS) is 19.8. The minimum absolute atomic E-state index is 0.0665. The Hall–Kier alpha value is -2.14. The number of hydrogen-bond acceptors (Lipinski definition) is 4. The molecule has 1 N–H and O–H groups in total. The SMILES string of the molecule is CSCC[C@@H](NC(=O)c1ccccc1)C1=NN=C2C=CC=C[C@H]21. The van der Waals surface area contributed by atoms with Gasteiger partial charge >= 0.3 is 0 Å². The molecule has 0 radical (unpaired) electrons. The minimum Gasteiger partial charge on any atom is -0.344 e. The van der Waals surface area contributed by atoms with Gasteiger partial charge in [-0.25, -0.2) is 0 Å². The second kappa shape index (κ2) is 7.42. The van der Waals surface area contributed by atoms with Crippen molar-refractivity contribution in [3.63, 3.8) is 0 Å². The van der Waals surface area contributed by atoms with Crippen LogP contribution in [0, 0.1) is 5.92 Å². The fourth-order valence-electron chi connectivity index (χ4n) is 2.70. The molecule has 0 unspecified atom stereocenters. The molecule has 4 nitrogen and oxygen atoms in total. The summed E-state index contributed by atoms with van der Waals surface area (Å²) in [5, 5.41) is 11.7. The fraction of sp³-hybridized carbons (Fsp3) is 0.278. The average Bonchev–Trinajstić information content (AvgIpc) is 3.03. The molecule has 3 rings (SSSR count). The van der Waals surface area contributed by atoms with Crippen LogP contribution in [0.15, 0.2) is 64.8 Å². The maximum atomic E-state index is 12.5. The summed E-state index contributed by atoms with van der Waals surface area (Å²) in [5.74, 6) is 0.978. The van der Waals surface area contributed by atoms with Crippen molar-refractivity contribution in [1.82, 2.24) is 5.32 Å². The van der Waals surface area contributed by atoms with Gasteiger partial charge in [0.25, 0.3) is 5.91 Å². The maximum absolute atomic E-state index is 12.5. The number of nitrogens with one attached hydrogen (secondary N) is 1. The zero-order valence-electron chi connectivity index (χ0n) is 13.0. The van der Waals surface area contributed by atoms with E-state index < -0.39 is 0 Å². The van der Waals surface area contributed by atoms with Crippen LogP contribution in [0.2, 0.25) is 0 Å². The molecule has 1 aliphatic carbocycles. The highest BCUT2D eigenvalue weighted by Gasteiger charge is 2.31. The van der Waals surface area contributed by atoms with E-state index in [1.165, 1.54) is 0 Å². The number of allylic oxidation sites excluding steroid dienone is 4. The van der Waals surface area contributed by atoms with E-state index in [0.29, 0.717) is 5.56 Å². The Labute approximate surface area is 140 Å². The molecule has 1 aromatic carbocycles. The van der Waals surface area contributed by atoms with Crippen molar-refractivity contribution in [2.75, 3.05) is 12.0 Å². The second-order valence-electron chi connectivity index (χ2n) is 5.44. The second-order valence-corrected chi connectivity index (χ2v) is 6.43. The number of nitrogens with zero attached hydrogens (tertiary/aromatic N) is 2. The third-order valence-electron chi connectivity index (χ3n) is 3.91. The highest BCUT2D eigenvalue weighted by atomic mass is 32.2. The Morgan fingerprint density at radius 3 is 2.87 bits per heavy atom. The van der Waals surface area contributed by atoms with E-state index in [1.54, 1.807) is 11.8 Å². The molecule has 1 amide bonds. The summed E-state index contributed by atoms with van der Waals surface area (Å²) < 4.78 is 0. The molecule has 0 saturated carbocycles. The monoisotopic (exact) mass is 325 g/mol. The molecule has 0 aromatic heterocycles. The Bertz CT molecular complexity index is 691. The van der Waals surface area contributed by atoms with E-state index in [-0.39, 0.29) is 17.9 Å². The third-order valence-corrected chi connectivity index (χ3v) is 4.55. The number of amides is 1. The van der Waals surface area contributed by atoms with Gasteiger partial charge in [0.2, 0.25) is 0 Å². The van der Waals surface area contributed by atoms with Gasteiger partial charge in [-0.2, -0.15) is 22.0 Å². The smallest absolute Gasteiger partial charge is 0.251 e. The molecule has 0 spiro atoms. The Balaban J connectivity index is 1.75. The summed E-state index contributed by atoms with van der Waals surface area (Å²) in [6, 6.07) is 9.19. The highest BCUT2D eigenvalue weighted by Crippen LogP contribution is 2.22. The first-order chi connectivity index (χ1) is 11.3. The van der Waals surface area contributed by atoms with Gasteiger partial charge in [-0.3, -0.25) is 4.79 Å².